The lowest BCUT2D eigenvalue weighted by Crippen LogP contribution is -2.28. The number of hydrogen-bond acceptors (Lipinski definition) is 5. The van der Waals surface area contributed by atoms with Gasteiger partial charge in [0.2, 0.25) is 0 Å². The lowest BCUT2D eigenvalue weighted by atomic mass is 10.1. The van der Waals surface area contributed by atoms with E-state index in [-0.39, 0.29) is 23.3 Å². The number of hydrogen-bond donors (Lipinski definition) is 1. The number of rotatable bonds is 5. The molecule has 8 heteroatoms. The molecule has 1 aromatic rings. The van der Waals surface area contributed by atoms with Crippen molar-refractivity contribution in [2.75, 3.05) is 17.3 Å². The van der Waals surface area contributed by atoms with E-state index in [2.05, 4.69) is 4.98 Å². The molecule has 0 aliphatic carbocycles. The van der Waals surface area contributed by atoms with Gasteiger partial charge in [0.1, 0.15) is 0 Å². The summed E-state index contributed by atoms with van der Waals surface area (Å²) in [5, 5.41) is 9.37. The van der Waals surface area contributed by atoms with Crippen molar-refractivity contribution in [3.63, 3.8) is 0 Å². The van der Waals surface area contributed by atoms with Crippen LogP contribution in [0.15, 0.2) is 11.4 Å². The highest BCUT2D eigenvalue weighted by molar-refractivity contribution is 7.99. The van der Waals surface area contributed by atoms with Gasteiger partial charge in [-0.05, 0) is 19.3 Å². The average Bonchev–Trinajstić information content (AvgIpc) is 2.78. The zero-order valence-corrected chi connectivity index (χ0v) is 12.9. The highest BCUT2D eigenvalue weighted by Crippen LogP contribution is 2.30. The van der Waals surface area contributed by atoms with Crippen LogP contribution in [0.4, 0.5) is 0 Å². The van der Waals surface area contributed by atoms with Gasteiger partial charge < -0.3 is 9.67 Å². The molecule has 20 heavy (non-hydrogen) atoms. The fourth-order valence-electron chi connectivity index (χ4n) is 2.46. The Morgan fingerprint density at radius 2 is 2.35 bits per heavy atom. The van der Waals surface area contributed by atoms with E-state index in [0.717, 1.165) is 30.3 Å². The Balaban J connectivity index is 2.28. The molecule has 1 N–H and O–H groups in total. The lowest BCUT2D eigenvalue weighted by Gasteiger charge is -2.26. The second-order valence-corrected chi connectivity index (χ2v) is 8.02. The topological polar surface area (TPSA) is 89.3 Å². The SMILES string of the molecule is CCc1cnc(SCC(=O)O)n1C1CCCS(=O)(=O)C1. The number of imidazole rings is 1. The van der Waals surface area contributed by atoms with Crippen LogP contribution in [0.2, 0.25) is 0 Å². The number of nitrogens with zero attached hydrogens (tertiary/aromatic N) is 2. The average molecular weight is 318 g/mol. The molecule has 0 spiro atoms. The van der Waals surface area contributed by atoms with E-state index in [1.54, 1.807) is 6.20 Å². The number of aliphatic carboxylic acids is 1. The van der Waals surface area contributed by atoms with Crippen molar-refractivity contribution in [2.24, 2.45) is 0 Å². The Labute approximate surface area is 122 Å². The number of carboxylic acids is 1. The molecular weight excluding hydrogens is 300 g/mol. The number of carboxylic acid groups (broad SMARTS) is 1. The van der Waals surface area contributed by atoms with Crippen molar-refractivity contribution in [2.45, 2.75) is 37.4 Å². The van der Waals surface area contributed by atoms with E-state index in [0.29, 0.717) is 11.6 Å². The van der Waals surface area contributed by atoms with Crippen LogP contribution in [-0.2, 0) is 21.1 Å². The van der Waals surface area contributed by atoms with E-state index < -0.39 is 15.8 Å². The van der Waals surface area contributed by atoms with Crippen molar-refractivity contribution in [1.29, 1.82) is 0 Å². The first-order valence-electron chi connectivity index (χ1n) is 6.54. The molecule has 1 fully saturated rings. The molecule has 0 radical (unpaired) electrons. The molecule has 0 amide bonds. The normalized spacial score (nSPS) is 21.8. The predicted octanol–water partition coefficient (Wildman–Crippen LogP) is 1.37. The zero-order valence-electron chi connectivity index (χ0n) is 11.3. The van der Waals surface area contributed by atoms with Crippen LogP contribution in [0.5, 0.6) is 0 Å². The molecule has 2 rings (SSSR count). The summed E-state index contributed by atoms with van der Waals surface area (Å²) in [4.78, 5) is 14.9. The number of aryl methyl sites for hydroxylation is 1. The van der Waals surface area contributed by atoms with Crippen LogP contribution in [0.3, 0.4) is 0 Å². The summed E-state index contributed by atoms with van der Waals surface area (Å²) in [6, 6.07) is -0.123. The van der Waals surface area contributed by atoms with Crippen molar-refractivity contribution in [3.8, 4) is 0 Å². The van der Waals surface area contributed by atoms with Gasteiger partial charge in [-0.1, -0.05) is 18.7 Å². The maximum atomic E-state index is 11.8. The van der Waals surface area contributed by atoms with Gasteiger partial charge in [-0.3, -0.25) is 4.79 Å². The minimum Gasteiger partial charge on any atom is -0.481 e. The van der Waals surface area contributed by atoms with E-state index in [1.165, 1.54) is 0 Å². The Hall–Kier alpha value is -1.02. The Morgan fingerprint density at radius 3 is 2.95 bits per heavy atom. The number of thioether (sulfide) groups is 1. The molecule has 1 unspecified atom stereocenters. The molecule has 112 valence electrons. The Kier molecular flexibility index (Phi) is 4.74. The first-order chi connectivity index (χ1) is 9.43. The molecule has 2 heterocycles. The molecule has 6 nitrogen and oxygen atoms in total. The van der Waals surface area contributed by atoms with Gasteiger partial charge in [0.25, 0.3) is 0 Å². The minimum atomic E-state index is -3.01. The van der Waals surface area contributed by atoms with E-state index in [9.17, 15) is 13.2 Å². The number of carbonyl (C=O) groups is 1. The second kappa shape index (κ2) is 6.17. The summed E-state index contributed by atoms with van der Waals surface area (Å²) >= 11 is 1.14. The highest BCUT2D eigenvalue weighted by atomic mass is 32.2. The molecule has 0 bridgehead atoms. The maximum Gasteiger partial charge on any atom is 0.313 e. The van der Waals surface area contributed by atoms with Crippen LogP contribution in [0.1, 0.15) is 31.5 Å². The number of sulfone groups is 1. The van der Waals surface area contributed by atoms with Gasteiger partial charge in [-0.25, -0.2) is 13.4 Å². The fraction of sp³-hybridized carbons (Fsp3) is 0.667. The largest absolute Gasteiger partial charge is 0.481 e. The first kappa shape index (κ1) is 15.4. The van der Waals surface area contributed by atoms with Crippen LogP contribution >= 0.6 is 11.8 Å². The third-order valence-electron chi connectivity index (χ3n) is 3.33. The van der Waals surface area contributed by atoms with Gasteiger partial charge in [-0.2, -0.15) is 0 Å². The molecule has 0 saturated carbocycles. The molecule has 1 atom stereocenters. The molecule has 1 saturated heterocycles. The number of aromatic nitrogens is 2. The molecular formula is C12H18N2O4S2. The van der Waals surface area contributed by atoms with E-state index in [1.807, 2.05) is 11.5 Å². The summed E-state index contributed by atoms with van der Waals surface area (Å²) < 4.78 is 25.5. The second-order valence-electron chi connectivity index (χ2n) is 4.85. The fourth-order valence-corrected chi connectivity index (χ4v) is 4.93. The van der Waals surface area contributed by atoms with E-state index in [4.69, 9.17) is 5.11 Å². The van der Waals surface area contributed by atoms with Gasteiger partial charge in [0, 0.05) is 17.9 Å². The molecule has 0 aromatic carbocycles. The third kappa shape index (κ3) is 3.54. The third-order valence-corrected chi connectivity index (χ3v) is 6.09. The van der Waals surface area contributed by atoms with Crippen LogP contribution < -0.4 is 0 Å². The Bertz CT molecular complexity index is 595. The van der Waals surface area contributed by atoms with Crippen molar-refractivity contribution < 1.29 is 18.3 Å². The van der Waals surface area contributed by atoms with Gasteiger partial charge in [-0.15, -0.1) is 0 Å². The zero-order chi connectivity index (χ0) is 14.8. The molecule has 1 aromatic heterocycles. The van der Waals surface area contributed by atoms with E-state index >= 15 is 0 Å². The first-order valence-corrected chi connectivity index (χ1v) is 9.34. The highest BCUT2D eigenvalue weighted by Gasteiger charge is 2.28. The summed E-state index contributed by atoms with van der Waals surface area (Å²) in [7, 11) is -3.01. The van der Waals surface area contributed by atoms with Crippen LogP contribution in [0, 0.1) is 0 Å². The summed E-state index contributed by atoms with van der Waals surface area (Å²) in [5.74, 6) is -0.604. The standard InChI is InChI=1S/C12H18N2O4S2/c1-2-9-6-13-12(19-7-11(15)16)14(9)10-4-3-5-20(17,18)8-10/h6,10H,2-5,7-8H2,1H3,(H,15,16). The van der Waals surface area contributed by atoms with Crippen molar-refractivity contribution in [1.82, 2.24) is 9.55 Å². The monoisotopic (exact) mass is 318 g/mol. The maximum absolute atomic E-state index is 11.8. The summed E-state index contributed by atoms with van der Waals surface area (Å²) in [6.07, 6.45) is 3.91. The van der Waals surface area contributed by atoms with Crippen LogP contribution in [0.25, 0.3) is 0 Å². The lowest BCUT2D eigenvalue weighted by molar-refractivity contribution is -0.133. The Morgan fingerprint density at radius 1 is 1.60 bits per heavy atom. The van der Waals surface area contributed by atoms with Gasteiger partial charge in [0.05, 0.1) is 17.3 Å². The van der Waals surface area contributed by atoms with Crippen molar-refractivity contribution in [3.05, 3.63) is 11.9 Å². The van der Waals surface area contributed by atoms with Crippen molar-refractivity contribution >= 4 is 27.6 Å². The van der Waals surface area contributed by atoms with Crippen LogP contribution in [-0.4, -0.2) is 46.3 Å². The van der Waals surface area contributed by atoms with Gasteiger partial charge >= 0.3 is 5.97 Å². The summed E-state index contributed by atoms with van der Waals surface area (Å²) in [6.45, 7) is 1.98. The summed E-state index contributed by atoms with van der Waals surface area (Å²) in [5.41, 5.74) is 0.958. The smallest absolute Gasteiger partial charge is 0.313 e. The molecule has 1 aliphatic rings. The van der Waals surface area contributed by atoms with Gasteiger partial charge in [0.15, 0.2) is 15.0 Å². The predicted molar refractivity (Wildman–Crippen MR) is 76.9 cm³/mol. The molecule has 1 aliphatic heterocycles. The quantitative estimate of drug-likeness (QED) is 0.825. The minimum absolute atomic E-state index is 0.0698.